The number of nitrogens with two attached hydrogens (primary N) is 1. The summed E-state index contributed by atoms with van der Waals surface area (Å²) in [6.07, 6.45) is 5.08. The number of piperidine rings is 1. The Morgan fingerprint density at radius 1 is 1.11 bits per heavy atom. The average molecular weight is 367 g/mol. The van der Waals surface area contributed by atoms with Crippen molar-refractivity contribution in [1.82, 2.24) is 19.4 Å². The number of fused-ring (bicyclic) bond motifs is 1. The van der Waals surface area contributed by atoms with Gasteiger partial charge in [-0.25, -0.2) is 14.4 Å². The molecule has 1 fully saturated rings. The Kier molecular flexibility index (Phi) is 5.45. The number of rotatable bonds is 6. The molecule has 3 aromatic rings. The van der Waals surface area contributed by atoms with Crippen molar-refractivity contribution >= 4 is 11.2 Å². The summed E-state index contributed by atoms with van der Waals surface area (Å²) in [4.78, 5) is 11.7. The van der Waals surface area contributed by atoms with E-state index in [0.717, 1.165) is 55.2 Å². The van der Waals surface area contributed by atoms with Gasteiger partial charge in [-0.2, -0.15) is 0 Å². The maximum Gasteiger partial charge on any atom is 0.177 e. The average Bonchev–Trinajstić information content (AvgIpc) is 3.02. The molecule has 2 aromatic heterocycles. The van der Waals surface area contributed by atoms with E-state index in [-0.39, 0.29) is 5.82 Å². The van der Waals surface area contributed by atoms with Crippen molar-refractivity contribution in [1.29, 1.82) is 0 Å². The molecule has 0 aliphatic carbocycles. The summed E-state index contributed by atoms with van der Waals surface area (Å²) in [5.74, 6) is 1.49. The van der Waals surface area contributed by atoms with E-state index in [2.05, 4.69) is 20.5 Å². The molecule has 0 spiro atoms. The van der Waals surface area contributed by atoms with Crippen LogP contribution in [0.15, 0.2) is 42.6 Å². The fourth-order valence-electron chi connectivity index (χ4n) is 3.97. The van der Waals surface area contributed by atoms with Crippen molar-refractivity contribution in [3.8, 4) is 0 Å². The second kappa shape index (κ2) is 8.15. The first kappa shape index (κ1) is 18.1. The smallest absolute Gasteiger partial charge is 0.177 e. The molecular formula is C21H26FN5. The van der Waals surface area contributed by atoms with E-state index >= 15 is 0 Å². The molecule has 0 saturated carbocycles. The van der Waals surface area contributed by atoms with Gasteiger partial charge in [0, 0.05) is 32.3 Å². The molecule has 4 rings (SSSR count). The molecular weight excluding hydrogens is 341 g/mol. The molecule has 0 radical (unpaired) electrons. The molecule has 5 nitrogen and oxygen atoms in total. The lowest BCUT2D eigenvalue weighted by atomic mass is 9.93. The third-order valence-electron chi connectivity index (χ3n) is 5.48. The molecule has 0 amide bonds. The number of imidazole rings is 1. The summed E-state index contributed by atoms with van der Waals surface area (Å²) in [5, 5.41) is 0. The highest BCUT2D eigenvalue weighted by Gasteiger charge is 2.22. The van der Waals surface area contributed by atoms with Gasteiger partial charge in [0.05, 0.1) is 5.52 Å². The maximum absolute atomic E-state index is 13.3. The van der Waals surface area contributed by atoms with Crippen LogP contribution in [0.2, 0.25) is 0 Å². The molecule has 1 aliphatic heterocycles. The summed E-state index contributed by atoms with van der Waals surface area (Å²) >= 11 is 0. The van der Waals surface area contributed by atoms with Gasteiger partial charge < -0.3 is 15.2 Å². The summed E-state index contributed by atoms with van der Waals surface area (Å²) in [6, 6.07) is 10.7. The van der Waals surface area contributed by atoms with E-state index in [1.54, 1.807) is 6.20 Å². The summed E-state index contributed by atoms with van der Waals surface area (Å²) in [6.45, 7) is 4.62. The topological polar surface area (TPSA) is 60.0 Å². The third-order valence-corrected chi connectivity index (χ3v) is 5.48. The lowest BCUT2D eigenvalue weighted by molar-refractivity contribution is 0.186. The molecule has 0 unspecified atom stereocenters. The van der Waals surface area contributed by atoms with Gasteiger partial charge in [0.2, 0.25) is 0 Å². The van der Waals surface area contributed by atoms with Crippen LogP contribution in [-0.4, -0.2) is 45.6 Å². The Balaban J connectivity index is 1.56. The predicted molar refractivity (Wildman–Crippen MR) is 105 cm³/mol. The summed E-state index contributed by atoms with van der Waals surface area (Å²) in [7, 11) is 0. The van der Waals surface area contributed by atoms with Crippen molar-refractivity contribution in [3.63, 3.8) is 0 Å². The molecule has 1 saturated heterocycles. The highest BCUT2D eigenvalue weighted by molar-refractivity contribution is 5.71. The van der Waals surface area contributed by atoms with Crippen LogP contribution in [0, 0.1) is 11.7 Å². The summed E-state index contributed by atoms with van der Waals surface area (Å²) < 4.78 is 15.5. The Morgan fingerprint density at radius 3 is 2.63 bits per heavy atom. The van der Waals surface area contributed by atoms with Crippen LogP contribution in [0.5, 0.6) is 0 Å². The van der Waals surface area contributed by atoms with Crippen LogP contribution in [0.1, 0.15) is 24.2 Å². The first-order chi connectivity index (χ1) is 13.2. The standard InChI is InChI=1S/C21H26FN5/c22-18-5-3-17(4-6-18)15-27-19-2-1-10-24-21(19)25-20(27)14-16-7-11-26(12-8-16)13-9-23/h1-6,10,16H,7-9,11-15,23H2. The van der Waals surface area contributed by atoms with Crippen LogP contribution in [0.3, 0.4) is 0 Å². The van der Waals surface area contributed by atoms with Crippen LogP contribution < -0.4 is 5.73 Å². The Morgan fingerprint density at radius 2 is 1.89 bits per heavy atom. The lowest BCUT2D eigenvalue weighted by Gasteiger charge is -2.31. The zero-order valence-corrected chi connectivity index (χ0v) is 15.5. The van der Waals surface area contributed by atoms with Gasteiger partial charge in [0.15, 0.2) is 5.65 Å². The quantitative estimate of drug-likeness (QED) is 0.728. The van der Waals surface area contributed by atoms with Crippen LogP contribution >= 0.6 is 0 Å². The van der Waals surface area contributed by atoms with Crippen molar-refractivity contribution in [3.05, 3.63) is 59.8 Å². The highest BCUT2D eigenvalue weighted by atomic mass is 19.1. The zero-order valence-electron chi connectivity index (χ0n) is 15.5. The van der Waals surface area contributed by atoms with Crippen molar-refractivity contribution in [2.45, 2.75) is 25.8 Å². The zero-order chi connectivity index (χ0) is 18.6. The van der Waals surface area contributed by atoms with Gasteiger partial charge in [-0.15, -0.1) is 0 Å². The van der Waals surface area contributed by atoms with Gasteiger partial charge in [-0.1, -0.05) is 12.1 Å². The van der Waals surface area contributed by atoms with Gasteiger partial charge in [-0.05, 0) is 61.7 Å². The Bertz CT molecular complexity index is 881. The van der Waals surface area contributed by atoms with Crippen LogP contribution in [-0.2, 0) is 13.0 Å². The minimum absolute atomic E-state index is 0.208. The number of nitrogens with zero attached hydrogens (tertiary/aromatic N) is 4. The molecule has 2 N–H and O–H groups in total. The summed E-state index contributed by atoms with van der Waals surface area (Å²) in [5.41, 5.74) is 8.57. The van der Waals surface area contributed by atoms with E-state index in [1.165, 1.54) is 25.0 Å². The molecule has 1 aromatic carbocycles. The monoisotopic (exact) mass is 367 g/mol. The van der Waals surface area contributed by atoms with E-state index in [0.29, 0.717) is 12.5 Å². The molecule has 0 bridgehead atoms. The second-order valence-corrected chi connectivity index (χ2v) is 7.36. The number of benzene rings is 1. The maximum atomic E-state index is 13.3. The minimum atomic E-state index is -0.208. The SMILES string of the molecule is NCCN1CCC(Cc2nc3ncccc3n2Cc2ccc(F)cc2)CC1. The lowest BCUT2D eigenvalue weighted by Crippen LogP contribution is -2.37. The molecule has 1 aliphatic rings. The second-order valence-electron chi connectivity index (χ2n) is 7.36. The van der Waals surface area contributed by atoms with Gasteiger partial charge in [0.25, 0.3) is 0 Å². The van der Waals surface area contributed by atoms with Gasteiger partial charge in [-0.3, -0.25) is 0 Å². The number of pyridine rings is 1. The first-order valence-electron chi connectivity index (χ1n) is 9.70. The molecule has 0 atom stereocenters. The number of hydrogen-bond donors (Lipinski definition) is 1. The number of halogens is 1. The van der Waals surface area contributed by atoms with Gasteiger partial charge >= 0.3 is 0 Å². The van der Waals surface area contributed by atoms with Gasteiger partial charge in [0.1, 0.15) is 11.6 Å². The van der Waals surface area contributed by atoms with Crippen LogP contribution in [0.4, 0.5) is 4.39 Å². The number of likely N-dealkylation sites (tertiary alicyclic amines) is 1. The minimum Gasteiger partial charge on any atom is -0.329 e. The first-order valence-corrected chi connectivity index (χ1v) is 9.70. The predicted octanol–water partition coefficient (Wildman–Crippen LogP) is 2.83. The Hall–Kier alpha value is -2.31. The van der Waals surface area contributed by atoms with Crippen molar-refractivity contribution in [2.75, 3.05) is 26.2 Å². The van der Waals surface area contributed by atoms with Crippen LogP contribution in [0.25, 0.3) is 11.2 Å². The highest BCUT2D eigenvalue weighted by Crippen LogP contribution is 2.24. The molecule has 6 heteroatoms. The van der Waals surface area contributed by atoms with E-state index in [9.17, 15) is 4.39 Å². The fraction of sp³-hybridized carbons (Fsp3) is 0.429. The number of aromatic nitrogens is 3. The molecule has 142 valence electrons. The van der Waals surface area contributed by atoms with Crippen molar-refractivity contribution in [2.24, 2.45) is 11.7 Å². The fourth-order valence-corrected chi connectivity index (χ4v) is 3.97. The number of hydrogen-bond acceptors (Lipinski definition) is 4. The molecule has 27 heavy (non-hydrogen) atoms. The van der Waals surface area contributed by atoms with E-state index < -0.39 is 0 Å². The Labute approximate surface area is 159 Å². The largest absolute Gasteiger partial charge is 0.329 e. The van der Waals surface area contributed by atoms with Crippen molar-refractivity contribution < 1.29 is 4.39 Å². The van der Waals surface area contributed by atoms with E-state index in [4.69, 9.17) is 10.7 Å². The van der Waals surface area contributed by atoms with E-state index in [1.807, 2.05) is 18.2 Å². The molecule has 3 heterocycles. The normalized spacial score (nSPS) is 16.2. The third kappa shape index (κ3) is 4.17.